The summed E-state index contributed by atoms with van der Waals surface area (Å²) in [6.07, 6.45) is 0.521. The zero-order chi connectivity index (χ0) is 11.4. The minimum Gasteiger partial charge on any atom is -0.529 e. The molecular formula is C8H22NiO3Si3. The Bertz CT molecular complexity index is 204. The van der Waals surface area contributed by atoms with Gasteiger partial charge in [-0.25, -0.2) is 0 Å². The maximum absolute atomic E-state index is 11.0. The first-order valence-corrected chi connectivity index (χ1v) is 12.3. The van der Waals surface area contributed by atoms with Crippen LogP contribution in [0, 0.1) is 0 Å². The first kappa shape index (κ1) is 18.0. The third-order valence-electron chi connectivity index (χ3n) is 1.74. The molecule has 0 aliphatic carbocycles. The van der Waals surface area contributed by atoms with Crippen LogP contribution in [0.25, 0.3) is 0 Å². The van der Waals surface area contributed by atoms with Crippen LogP contribution in [0.3, 0.4) is 0 Å². The minimum atomic E-state index is -1.64. The zero-order valence-corrected chi connectivity index (χ0v) is 15.4. The van der Waals surface area contributed by atoms with E-state index in [1.54, 1.807) is 0 Å². The Balaban J connectivity index is 0. The molecule has 0 aliphatic rings. The Morgan fingerprint density at radius 2 is 1.67 bits per heavy atom. The maximum atomic E-state index is 11.0. The standard InChI is InChI=1S/C8H22O3Si3.Ni/c1-13(2,3)11-14(4,5)7-6-8(9)10-12;/h6-7H2,1-5,12H3;. The molecule has 0 saturated heterocycles. The van der Waals surface area contributed by atoms with Crippen LogP contribution in [0.5, 0.6) is 0 Å². The van der Waals surface area contributed by atoms with E-state index >= 15 is 0 Å². The van der Waals surface area contributed by atoms with Crippen LogP contribution in [-0.2, 0) is 29.8 Å². The first-order chi connectivity index (χ1) is 6.16. The van der Waals surface area contributed by atoms with Crippen molar-refractivity contribution in [2.24, 2.45) is 0 Å². The van der Waals surface area contributed by atoms with Crippen LogP contribution in [0.2, 0.25) is 38.8 Å². The molecule has 0 fully saturated rings. The SMILES string of the molecule is C[Si](C)(C)O[Si](C)(C)CCC(=O)O[SiH3].[Ni]. The quantitative estimate of drug-likeness (QED) is 0.717. The van der Waals surface area contributed by atoms with Crippen molar-refractivity contribution in [2.45, 2.75) is 45.2 Å². The van der Waals surface area contributed by atoms with Gasteiger partial charge in [0.15, 0.2) is 16.6 Å². The minimum absolute atomic E-state index is 0. The van der Waals surface area contributed by atoms with Crippen molar-refractivity contribution in [3.8, 4) is 0 Å². The van der Waals surface area contributed by atoms with Crippen molar-refractivity contribution < 1.29 is 29.8 Å². The van der Waals surface area contributed by atoms with Crippen molar-refractivity contribution in [3.63, 3.8) is 0 Å². The normalized spacial score (nSPS) is 12.1. The second-order valence-electron chi connectivity index (χ2n) is 5.05. The first-order valence-electron chi connectivity index (χ1n) is 4.93. The Hall–Kier alpha value is 0.574. The van der Waals surface area contributed by atoms with Gasteiger partial charge in [0, 0.05) is 22.9 Å². The Labute approximate surface area is 108 Å². The van der Waals surface area contributed by atoms with Gasteiger partial charge in [0.2, 0.25) is 10.5 Å². The van der Waals surface area contributed by atoms with Gasteiger partial charge in [0.1, 0.15) is 0 Å². The summed E-state index contributed by atoms with van der Waals surface area (Å²) in [4.78, 5) is 11.0. The zero-order valence-electron chi connectivity index (χ0n) is 10.5. The van der Waals surface area contributed by atoms with Crippen molar-refractivity contribution in [3.05, 3.63) is 0 Å². The molecule has 0 N–H and O–H groups in total. The van der Waals surface area contributed by atoms with E-state index in [1.807, 2.05) is 0 Å². The van der Waals surface area contributed by atoms with Crippen molar-refractivity contribution >= 4 is 33.1 Å². The molecule has 7 heteroatoms. The molecule has 0 aromatic rings. The van der Waals surface area contributed by atoms with Gasteiger partial charge in [-0.15, -0.1) is 0 Å². The molecule has 0 atom stereocenters. The fourth-order valence-electron chi connectivity index (χ4n) is 1.39. The fraction of sp³-hybridized carbons (Fsp3) is 0.875. The van der Waals surface area contributed by atoms with Crippen LogP contribution in [-0.4, -0.2) is 33.1 Å². The fourth-order valence-corrected chi connectivity index (χ4v) is 9.43. The van der Waals surface area contributed by atoms with Crippen LogP contribution >= 0.6 is 0 Å². The van der Waals surface area contributed by atoms with Crippen LogP contribution in [0.4, 0.5) is 0 Å². The van der Waals surface area contributed by atoms with Crippen molar-refractivity contribution in [1.82, 2.24) is 0 Å². The van der Waals surface area contributed by atoms with E-state index in [2.05, 4.69) is 32.7 Å². The smallest absolute Gasteiger partial charge is 0.291 e. The third-order valence-corrected chi connectivity index (χ3v) is 8.31. The van der Waals surface area contributed by atoms with Crippen molar-refractivity contribution in [1.29, 1.82) is 0 Å². The van der Waals surface area contributed by atoms with E-state index in [0.717, 1.165) is 6.04 Å². The summed E-state index contributed by atoms with van der Waals surface area (Å²) in [5.41, 5.74) is 0. The number of rotatable bonds is 5. The number of carbonyl (C=O) groups excluding carboxylic acids is 1. The molecule has 0 rings (SSSR count). The molecule has 15 heavy (non-hydrogen) atoms. The van der Waals surface area contributed by atoms with Crippen LogP contribution < -0.4 is 0 Å². The van der Waals surface area contributed by atoms with Gasteiger partial charge in [-0.05, 0) is 38.8 Å². The summed E-state index contributed by atoms with van der Waals surface area (Å²) in [5.74, 6) is -0.0728. The van der Waals surface area contributed by atoms with Gasteiger partial charge in [-0.3, -0.25) is 4.79 Å². The van der Waals surface area contributed by atoms with Crippen LogP contribution in [0.15, 0.2) is 0 Å². The predicted molar refractivity (Wildman–Crippen MR) is 67.4 cm³/mol. The van der Waals surface area contributed by atoms with E-state index in [-0.39, 0.29) is 22.5 Å². The van der Waals surface area contributed by atoms with Gasteiger partial charge < -0.3 is 8.54 Å². The third kappa shape index (κ3) is 10.8. The molecule has 0 saturated carbocycles. The van der Waals surface area contributed by atoms with E-state index in [1.165, 1.54) is 0 Å². The summed E-state index contributed by atoms with van der Waals surface area (Å²) < 4.78 is 10.9. The summed E-state index contributed by atoms with van der Waals surface area (Å²) in [7, 11) is -2.60. The Kier molecular flexibility index (Phi) is 8.39. The molecular weight excluding hydrogens is 287 g/mol. The predicted octanol–water partition coefficient (Wildman–Crippen LogP) is 1.25. The molecule has 0 aliphatic heterocycles. The molecule has 0 heterocycles. The largest absolute Gasteiger partial charge is 0.529 e. The van der Waals surface area contributed by atoms with Gasteiger partial charge in [-0.2, -0.15) is 0 Å². The second kappa shape index (κ2) is 7.01. The molecule has 94 valence electrons. The topological polar surface area (TPSA) is 35.5 Å². The maximum Gasteiger partial charge on any atom is 0.291 e. The average Bonchev–Trinajstić information content (AvgIpc) is 1.96. The van der Waals surface area contributed by atoms with E-state index in [0.29, 0.717) is 16.9 Å². The van der Waals surface area contributed by atoms with Gasteiger partial charge in [-0.1, -0.05) is 0 Å². The molecule has 0 aromatic heterocycles. The molecule has 3 nitrogen and oxygen atoms in total. The Morgan fingerprint density at radius 1 is 1.20 bits per heavy atom. The summed E-state index contributed by atoms with van der Waals surface area (Å²) >= 11 is 0. The second-order valence-corrected chi connectivity index (χ2v) is 14.5. The average molecular weight is 309 g/mol. The Morgan fingerprint density at radius 3 is 2.00 bits per heavy atom. The molecule has 0 spiro atoms. The van der Waals surface area contributed by atoms with Crippen molar-refractivity contribution in [2.75, 3.05) is 0 Å². The molecule has 0 amide bonds. The summed E-state index contributed by atoms with van der Waals surface area (Å²) in [6, 6.07) is 0.873. The number of carbonyl (C=O) groups is 1. The van der Waals surface area contributed by atoms with E-state index < -0.39 is 16.6 Å². The van der Waals surface area contributed by atoms with E-state index in [9.17, 15) is 4.79 Å². The molecule has 0 aromatic carbocycles. The summed E-state index contributed by atoms with van der Waals surface area (Å²) in [5, 5.41) is 0. The summed E-state index contributed by atoms with van der Waals surface area (Å²) in [6.45, 7) is 10.9. The number of hydrogen-bond acceptors (Lipinski definition) is 3. The van der Waals surface area contributed by atoms with Gasteiger partial charge in [0.25, 0.3) is 5.97 Å². The molecule has 0 unspecified atom stereocenters. The van der Waals surface area contributed by atoms with Crippen LogP contribution in [0.1, 0.15) is 6.42 Å². The van der Waals surface area contributed by atoms with Gasteiger partial charge >= 0.3 is 0 Å². The van der Waals surface area contributed by atoms with Gasteiger partial charge in [0.05, 0.1) is 0 Å². The van der Waals surface area contributed by atoms with E-state index in [4.69, 9.17) is 8.54 Å². The molecule has 0 radical (unpaired) electrons. The number of hydrogen-bond donors (Lipinski definition) is 0. The monoisotopic (exact) mass is 308 g/mol. The molecule has 0 bridgehead atoms.